The zero-order chi connectivity index (χ0) is 20.8. The topological polar surface area (TPSA) is 51.2 Å². The molecule has 1 N–H and O–H groups in total. The number of thiazole rings is 1. The summed E-state index contributed by atoms with van der Waals surface area (Å²) in [5.74, 6) is 1.63. The fraction of sp³-hybridized carbons (Fsp3) is 0.304. The number of halogens is 1. The van der Waals surface area contributed by atoms with E-state index in [9.17, 15) is 4.79 Å². The third-order valence-corrected chi connectivity index (χ3v) is 5.94. The molecule has 0 aliphatic carbocycles. The first-order valence-corrected chi connectivity index (χ1v) is 11.1. The summed E-state index contributed by atoms with van der Waals surface area (Å²) in [6, 6.07) is 13.6. The van der Waals surface area contributed by atoms with Gasteiger partial charge in [0.2, 0.25) is 0 Å². The SMILES string of the molecule is CCC(C)c1cccc(-c2csc(NC(=O)c3ccc(CCCl)cc3)n2)c1OC. The van der Waals surface area contributed by atoms with Crippen LogP contribution in [0.5, 0.6) is 5.75 Å². The van der Waals surface area contributed by atoms with E-state index >= 15 is 0 Å². The van der Waals surface area contributed by atoms with Gasteiger partial charge in [-0.3, -0.25) is 10.1 Å². The van der Waals surface area contributed by atoms with Gasteiger partial charge >= 0.3 is 0 Å². The van der Waals surface area contributed by atoms with Crippen LogP contribution in [-0.4, -0.2) is 23.9 Å². The molecule has 2 aromatic carbocycles. The Bertz CT molecular complexity index is 969. The molecule has 0 radical (unpaired) electrons. The first-order valence-electron chi connectivity index (χ1n) is 9.66. The summed E-state index contributed by atoms with van der Waals surface area (Å²) in [5, 5.41) is 5.39. The van der Waals surface area contributed by atoms with Crippen LogP contribution in [0.2, 0.25) is 0 Å². The fourth-order valence-corrected chi connectivity index (χ4v) is 4.07. The average molecular weight is 429 g/mol. The molecule has 0 saturated carbocycles. The van der Waals surface area contributed by atoms with Gasteiger partial charge in [-0.15, -0.1) is 22.9 Å². The second-order valence-corrected chi connectivity index (χ2v) is 8.10. The number of nitrogens with one attached hydrogen (secondary N) is 1. The third kappa shape index (κ3) is 4.98. The third-order valence-electron chi connectivity index (χ3n) is 4.99. The van der Waals surface area contributed by atoms with E-state index in [-0.39, 0.29) is 5.91 Å². The molecule has 4 nitrogen and oxygen atoms in total. The van der Waals surface area contributed by atoms with E-state index in [4.69, 9.17) is 16.3 Å². The minimum absolute atomic E-state index is 0.177. The number of nitrogens with zero attached hydrogens (tertiary/aromatic N) is 1. The molecule has 0 aliphatic heterocycles. The number of benzene rings is 2. The maximum absolute atomic E-state index is 12.5. The number of alkyl halides is 1. The van der Waals surface area contributed by atoms with E-state index in [1.807, 2.05) is 41.8 Å². The number of hydrogen-bond donors (Lipinski definition) is 1. The summed E-state index contributed by atoms with van der Waals surface area (Å²) in [6.07, 6.45) is 1.82. The van der Waals surface area contributed by atoms with Crippen LogP contribution >= 0.6 is 22.9 Å². The van der Waals surface area contributed by atoms with Crippen LogP contribution in [0.25, 0.3) is 11.3 Å². The molecule has 0 spiro atoms. The van der Waals surface area contributed by atoms with Gasteiger partial charge in [0.1, 0.15) is 5.75 Å². The van der Waals surface area contributed by atoms with Gasteiger partial charge < -0.3 is 4.74 Å². The number of hydrogen-bond acceptors (Lipinski definition) is 4. The molecule has 0 saturated heterocycles. The summed E-state index contributed by atoms with van der Waals surface area (Å²) in [7, 11) is 1.69. The first-order chi connectivity index (χ1) is 14.1. The van der Waals surface area contributed by atoms with E-state index in [0.717, 1.165) is 35.4 Å². The van der Waals surface area contributed by atoms with Crippen LogP contribution < -0.4 is 10.1 Å². The van der Waals surface area contributed by atoms with E-state index in [1.165, 1.54) is 16.9 Å². The van der Waals surface area contributed by atoms with Crippen molar-refractivity contribution in [3.8, 4) is 17.0 Å². The highest BCUT2D eigenvalue weighted by Crippen LogP contribution is 2.38. The van der Waals surface area contributed by atoms with Crippen molar-refractivity contribution in [1.29, 1.82) is 0 Å². The van der Waals surface area contributed by atoms with Crippen molar-refractivity contribution in [2.75, 3.05) is 18.3 Å². The van der Waals surface area contributed by atoms with Crippen LogP contribution in [0.15, 0.2) is 47.8 Å². The van der Waals surface area contributed by atoms with Gasteiger partial charge in [-0.05, 0) is 48.1 Å². The number of amides is 1. The highest BCUT2D eigenvalue weighted by atomic mass is 35.5. The summed E-state index contributed by atoms with van der Waals surface area (Å²) < 4.78 is 5.71. The van der Waals surface area contributed by atoms with Crippen molar-refractivity contribution >= 4 is 34.0 Å². The zero-order valence-corrected chi connectivity index (χ0v) is 18.4. The molecule has 1 heterocycles. The van der Waals surface area contributed by atoms with Crippen LogP contribution in [0.1, 0.15) is 47.7 Å². The van der Waals surface area contributed by atoms with Crippen molar-refractivity contribution in [2.24, 2.45) is 0 Å². The van der Waals surface area contributed by atoms with Crippen molar-refractivity contribution in [3.63, 3.8) is 0 Å². The quantitative estimate of drug-likeness (QED) is 0.424. The van der Waals surface area contributed by atoms with Crippen molar-refractivity contribution in [2.45, 2.75) is 32.6 Å². The number of aromatic nitrogens is 1. The molecule has 1 unspecified atom stereocenters. The summed E-state index contributed by atoms with van der Waals surface area (Å²) in [5.41, 5.74) is 4.61. The lowest BCUT2D eigenvalue weighted by Crippen LogP contribution is -2.11. The number of anilines is 1. The summed E-state index contributed by atoms with van der Waals surface area (Å²) in [6.45, 7) is 4.35. The maximum Gasteiger partial charge on any atom is 0.257 e. The van der Waals surface area contributed by atoms with Gasteiger partial charge in [-0.2, -0.15) is 0 Å². The Morgan fingerprint density at radius 1 is 1.24 bits per heavy atom. The Labute approximate surface area is 180 Å². The maximum atomic E-state index is 12.5. The van der Waals surface area contributed by atoms with Crippen LogP contribution in [0.3, 0.4) is 0 Å². The summed E-state index contributed by atoms with van der Waals surface area (Å²) in [4.78, 5) is 17.2. The van der Waals surface area contributed by atoms with Gasteiger partial charge in [0.15, 0.2) is 5.13 Å². The predicted molar refractivity (Wildman–Crippen MR) is 122 cm³/mol. The second-order valence-electron chi connectivity index (χ2n) is 6.87. The number of para-hydroxylation sites is 1. The van der Waals surface area contributed by atoms with Gasteiger partial charge in [0.05, 0.1) is 12.8 Å². The Hall–Kier alpha value is -2.37. The molecule has 1 amide bonds. The average Bonchev–Trinajstić information content (AvgIpc) is 3.21. The Morgan fingerprint density at radius 3 is 2.66 bits per heavy atom. The molecule has 29 heavy (non-hydrogen) atoms. The van der Waals surface area contributed by atoms with Crippen molar-refractivity contribution in [1.82, 2.24) is 4.98 Å². The number of carbonyl (C=O) groups excluding carboxylic acids is 1. The molecule has 1 atom stereocenters. The normalized spacial score (nSPS) is 11.9. The van der Waals surface area contributed by atoms with Crippen molar-refractivity contribution < 1.29 is 9.53 Å². The van der Waals surface area contributed by atoms with E-state index < -0.39 is 0 Å². The highest BCUT2D eigenvalue weighted by Gasteiger charge is 2.17. The van der Waals surface area contributed by atoms with Crippen molar-refractivity contribution in [3.05, 3.63) is 64.5 Å². The highest BCUT2D eigenvalue weighted by molar-refractivity contribution is 7.14. The number of ether oxygens (including phenoxy) is 1. The molecule has 3 aromatic rings. The molecule has 3 rings (SSSR count). The summed E-state index contributed by atoms with van der Waals surface area (Å²) >= 11 is 7.16. The lowest BCUT2D eigenvalue weighted by molar-refractivity contribution is 0.102. The standard InChI is InChI=1S/C23H25ClN2O2S/c1-4-15(2)18-6-5-7-19(21(18)28-3)20-14-29-23(25-20)26-22(27)17-10-8-16(9-11-17)12-13-24/h5-11,14-15H,4,12-13H2,1-3H3,(H,25,26,27). The zero-order valence-electron chi connectivity index (χ0n) is 16.9. The molecule has 0 fully saturated rings. The van der Waals surface area contributed by atoms with E-state index in [2.05, 4.69) is 30.2 Å². The van der Waals surface area contributed by atoms with E-state index in [1.54, 1.807) is 7.11 Å². The monoisotopic (exact) mass is 428 g/mol. The minimum Gasteiger partial charge on any atom is -0.496 e. The lowest BCUT2D eigenvalue weighted by atomic mass is 9.95. The number of carbonyl (C=O) groups is 1. The van der Waals surface area contributed by atoms with Crippen LogP contribution in [0.4, 0.5) is 5.13 Å². The van der Waals surface area contributed by atoms with Gasteiger partial charge in [0, 0.05) is 22.4 Å². The Kier molecular flexibility index (Phi) is 7.29. The molecule has 1 aromatic heterocycles. The Balaban J connectivity index is 1.80. The van der Waals surface area contributed by atoms with Crippen LogP contribution in [0, 0.1) is 0 Å². The number of rotatable bonds is 8. The fourth-order valence-electron chi connectivity index (χ4n) is 3.15. The minimum atomic E-state index is -0.177. The van der Waals surface area contributed by atoms with Gasteiger partial charge in [-0.1, -0.05) is 38.1 Å². The van der Waals surface area contributed by atoms with E-state index in [0.29, 0.717) is 22.5 Å². The molecular weight excluding hydrogens is 404 g/mol. The van der Waals surface area contributed by atoms with Gasteiger partial charge in [0.25, 0.3) is 5.91 Å². The number of methoxy groups -OCH3 is 1. The molecular formula is C23H25ClN2O2S. The molecule has 6 heteroatoms. The Morgan fingerprint density at radius 2 is 2.00 bits per heavy atom. The number of aryl methyl sites for hydroxylation is 1. The predicted octanol–water partition coefficient (Wildman–Crippen LogP) is 6.37. The smallest absolute Gasteiger partial charge is 0.257 e. The largest absolute Gasteiger partial charge is 0.496 e. The second kappa shape index (κ2) is 9.90. The van der Waals surface area contributed by atoms with Gasteiger partial charge in [-0.25, -0.2) is 4.98 Å². The molecule has 152 valence electrons. The first kappa shape index (κ1) is 21.3. The molecule has 0 aliphatic rings. The van der Waals surface area contributed by atoms with Crippen LogP contribution in [-0.2, 0) is 6.42 Å². The lowest BCUT2D eigenvalue weighted by Gasteiger charge is -2.16. The molecule has 0 bridgehead atoms.